The highest BCUT2D eigenvalue weighted by atomic mass is 35.5. The molecule has 0 aromatic heterocycles. The summed E-state index contributed by atoms with van der Waals surface area (Å²) in [6.45, 7) is 0.327. The Morgan fingerprint density at radius 3 is 2.74 bits per heavy atom. The van der Waals surface area contributed by atoms with E-state index in [4.69, 9.17) is 18.0 Å². The van der Waals surface area contributed by atoms with Crippen molar-refractivity contribution in [2.45, 2.75) is 6.54 Å². The molecule has 0 saturated heterocycles. The van der Waals surface area contributed by atoms with Gasteiger partial charge in [0.05, 0.1) is 0 Å². The number of hydrogen-bond acceptors (Lipinski definition) is 3. The lowest BCUT2D eigenvalue weighted by molar-refractivity contribution is 0.400. The molecule has 3 nitrogen and oxygen atoms in total. The average Bonchev–Trinajstić information content (AvgIpc) is 2.41. The van der Waals surface area contributed by atoms with Crippen LogP contribution < -0.4 is 5.32 Å². The number of nitrogens with one attached hydrogen (secondary N) is 1. The van der Waals surface area contributed by atoms with Crippen molar-refractivity contribution in [3.63, 3.8) is 0 Å². The summed E-state index contributed by atoms with van der Waals surface area (Å²) in [6, 6.07) is 10.2. The van der Waals surface area contributed by atoms with Crippen LogP contribution in [0.5, 0.6) is 11.5 Å². The fourth-order valence-electron chi connectivity index (χ4n) is 1.69. The highest BCUT2D eigenvalue weighted by molar-refractivity contribution is 6.30. The van der Waals surface area contributed by atoms with E-state index < -0.39 is 0 Å². The van der Waals surface area contributed by atoms with Gasteiger partial charge in [0.15, 0.2) is 11.5 Å². The van der Waals surface area contributed by atoms with Gasteiger partial charge in [-0.05, 0) is 24.3 Å². The molecule has 4 heteroatoms. The maximum atomic E-state index is 9.72. The number of anilines is 1. The smallest absolute Gasteiger partial charge is 0.162 e. The molecule has 19 heavy (non-hydrogen) atoms. The number of rotatable bonds is 3. The predicted octanol–water partition coefficient (Wildman–Crippen LogP) is 3.34. The predicted molar refractivity (Wildman–Crippen MR) is 76.5 cm³/mol. The topological polar surface area (TPSA) is 52.5 Å². The van der Waals surface area contributed by atoms with Gasteiger partial charge in [0.25, 0.3) is 0 Å². The normalized spacial score (nSPS) is 9.89. The van der Waals surface area contributed by atoms with Crippen LogP contribution in [0.2, 0.25) is 5.02 Å². The van der Waals surface area contributed by atoms with Crippen LogP contribution in [0.3, 0.4) is 0 Å². The Morgan fingerprint density at radius 1 is 1.21 bits per heavy atom. The lowest BCUT2D eigenvalue weighted by Crippen LogP contribution is -2.00. The fraction of sp³-hybridized carbons (Fsp3) is 0.0667. The molecule has 2 aromatic rings. The van der Waals surface area contributed by atoms with Crippen molar-refractivity contribution in [3.8, 4) is 23.8 Å². The number of phenolic OH excluding ortho intramolecular Hbond substituents is 2. The lowest BCUT2D eigenvalue weighted by Gasteiger charge is -2.10. The van der Waals surface area contributed by atoms with Gasteiger partial charge >= 0.3 is 0 Å². The maximum absolute atomic E-state index is 9.72. The molecule has 0 aliphatic carbocycles. The summed E-state index contributed by atoms with van der Waals surface area (Å²) in [5.41, 5.74) is 2.11. The van der Waals surface area contributed by atoms with E-state index in [-0.39, 0.29) is 11.5 Å². The van der Waals surface area contributed by atoms with Gasteiger partial charge in [0, 0.05) is 34.4 Å². The number of benzene rings is 2. The van der Waals surface area contributed by atoms with Crippen molar-refractivity contribution >= 4 is 17.3 Å². The van der Waals surface area contributed by atoms with Gasteiger partial charge in [-0.3, -0.25) is 0 Å². The van der Waals surface area contributed by atoms with E-state index in [1.165, 1.54) is 6.07 Å². The first-order valence-electron chi connectivity index (χ1n) is 5.61. The number of aromatic hydroxyl groups is 2. The minimum atomic E-state index is -0.235. The lowest BCUT2D eigenvalue weighted by atomic mass is 10.1. The minimum Gasteiger partial charge on any atom is -0.504 e. The van der Waals surface area contributed by atoms with Crippen molar-refractivity contribution in [1.82, 2.24) is 0 Å². The largest absolute Gasteiger partial charge is 0.504 e. The van der Waals surface area contributed by atoms with Gasteiger partial charge in [0.1, 0.15) is 0 Å². The van der Waals surface area contributed by atoms with Gasteiger partial charge in [-0.2, -0.15) is 0 Å². The molecule has 2 aromatic carbocycles. The molecule has 0 heterocycles. The molecule has 0 amide bonds. The third kappa shape index (κ3) is 3.12. The van der Waals surface area contributed by atoms with E-state index >= 15 is 0 Å². The summed E-state index contributed by atoms with van der Waals surface area (Å²) in [5.74, 6) is 2.13. The maximum Gasteiger partial charge on any atom is 0.162 e. The van der Waals surface area contributed by atoms with Crippen LogP contribution in [-0.4, -0.2) is 10.2 Å². The van der Waals surface area contributed by atoms with Crippen LogP contribution in [0.15, 0.2) is 36.4 Å². The molecule has 0 unspecified atom stereocenters. The molecule has 0 atom stereocenters. The van der Waals surface area contributed by atoms with Gasteiger partial charge in [-0.15, -0.1) is 6.42 Å². The SMILES string of the molecule is C#Cc1cccc(NCc2cc(Cl)cc(O)c2O)c1. The first-order chi connectivity index (χ1) is 9.10. The Labute approximate surface area is 116 Å². The van der Waals surface area contributed by atoms with Crippen molar-refractivity contribution in [3.05, 3.63) is 52.5 Å². The third-order valence-corrected chi connectivity index (χ3v) is 2.86. The second-order valence-electron chi connectivity index (χ2n) is 4.01. The van der Waals surface area contributed by atoms with Gasteiger partial charge in [0.2, 0.25) is 0 Å². The molecular formula is C15H12ClNO2. The van der Waals surface area contributed by atoms with Crippen LogP contribution in [0.25, 0.3) is 0 Å². The summed E-state index contributed by atoms with van der Waals surface area (Å²) in [4.78, 5) is 0. The molecular weight excluding hydrogens is 262 g/mol. The van der Waals surface area contributed by atoms with E-state index in [1.807, 2.05) is 24.3 Å². The molecule has 96 valence electrons. The first kappa shape index (κ1) is 13.1. The Bertz CT molecular complexity index is 647. The fourth-order valence-corrected chi connectivity index (χ4v) is 1.93. The minimum absolute atomic E-state index is 0.176. The number of halogens is 1. The molecule has 0 spiro atoms. The van der Waals surface area contributed by atoms with Gasteiger partial charge in [-0.25, -0.2) is 0 Å². The monoisotopic (exact) mass is 273 g/mol. The number of terminal acetylenes is 1. The van der Waals surface area contributed by atoms with Gasteiger partial charge in [-0.1, -0.05) is 23.6 Å². The van der Waals surface area contributed by atoms with E-state index in [0.29, 0.717) is 17.1 Å². The molecule has 0 aliphatic heterocycles. The Hall–Kier alpha value is -2.31. The van der Waals surface area contributed by atoms with Crippen LogP contribution in [0.1, 0.15) is 11.1 Å². The highest BCUT2D eigenvalue weighted by Gasteiger charge is 2.08. The Morgan fingerprint density at radius 2 is 2.00 bits per heavy atom. The first-order valence-corrected chi connectivity index (χ1v) is 5.99. The molecule has 0 saturated carbocycles. The zero-order valence-electron chi connectivity index (χ0n) is 10.0. The number of hydrogen-bond donors (Lipinski definition) is 3. The van der Waals surface area contributed by atoms with Crippen LogP contribution in [-0.2, 0) is 6.54 Å². The molecule has 3 N–H and O–H groups in total. The summed E-state index contributed by atoms with van der Waals surface area (Å²) in [6.07, 6.45) is 5.32. The zero-order chi connectivity index (χ0) is 13.8. The van der Waals surface area contributed by atoms with Crippen molar-refractivity contribution in [2.75, 3.05) is 5.32 Å². The van der Waals surface area contributed by atoms with Crippen LogP contribution in [0.4, 0.5) is 5.69 Å². The average molecular weight is 274 g/mol. The van der Waals surface area contributed by atoms with Crippen LogP contribution in [0, 0.1) is 12.3 Å². The summed E-state index contributed by atoms with van der Waals surface area (Å²) in [5, 5.41) is 22.7. The van der Waals surface area contributed by atoms with E-state index in [1.54, 1.807) is 6.07 Å². The highest BCUT2D eigenvalue weighted by Crippen LogP contribution is 2.32. The zero-order valence-corrected chi connectivity index (χ0v) is 10.8. The second kappa shape index (κ2) is 5.55. The van der Waals surface area contributed by atoms with Crippen molar-refractivity contribution in [1.29, 1.82) is 0 Å². The standard InChI is InChI=1S/C15H12ClNO2/c1-2-10-4-3-5-13(6-10)17-9-11-7-12(16)8-14(18)15(11)19/h1,3-8,17-19H,9H2. The van der Waals surface area contributed by atoms with E-state index in [0.717, 1.165) is 11.3 Å². The van der Waals surface area contributed by atoms with Gasteiger partial charge < -0.3 is 15.5 Å². The number of phenols is 2. The third-order valence-electron chi connectivity index (χ3n) is 2.65. The quantitative estimate of drug-likeness (QED) is 0.594. The summed E-state index contributed by atoms with van der Waals surface area (Å²) < 4.78 is 0. The summed E-state index contributed by atoms with van der Waals surface area (Å²) >= 11 is 5.83. The molecule has 0 fully saturated rings. The van der Waals surface area contributed by atoms with E-state index in [9.17, 15) is 10.2 Å². The second-order valence-corrected chi connectivity index (χ2v) is 4.45. The van der Waals surface area contributed by atoms with Crippen molar-refractivity contribution in [2.24, 2.45) is 0 Å². The van der Waals surface area contributed by atoms with Crippen molar-refractivity contribution < 1.29 is 10.2 Å². The van der Waals surface area contributed by atoms with Crippen LogP contribution >= 0.6 is 11.6 Å². The molecule has 0 bridgehead atoms. The summed E-state index contributed by atoms with van der Waals surface area (Å²) in [7, 11) is 0. The Kier molecular flexibility index (Phi) is 3.84. The molecule has 2 rings (SSSR count). The molecule has 0 aliphatic rings. The molecule has 0 radical (unpaired) electrons. The Balaban J connectivity index is 2.17. The van der Waals surface area contributed by atoms with E-state index in [2.05, 4.69) is 11.2 Å².